The number of rotatable bonds is 5. The van der Waals surface area contributed by atoms with Crippen molar-refractivity contribution >= 4 is 6.09 Å². The minimum atomic E-state index is -0.343. The predicted molar refractivity (Wildman–Crippen MR) is 64.2 cm³/mol. The number of benzene rings is 1. The minimum Gasteiger partial charge on any atom is -0.450 e. The molecule has 0 aliphatic carbocycles. The number of carbonyl (C=O) groups is 1. The Kier molecular flexibility index (Phi) is 5.40. The van der Waals surface area contributed by atoms with Gasteiger partial charge in [-0.1, -0.05) is 43.7 Å². The molecule has 0 fully saturated rings. The second-order valence-corrected chi connectivity index (χ2v) is 3.77. The number of ether oxygens (including phenoxy) is 1. The summed E-state index contributed by atoms with van der Waals surface area (Å²) in [6, 6.07) is 9.81. The van der Waals surface area contributed by atoms with E-state index < -0.39 is 0 Å². The number of unbranched alkanes of at least 4 members (excludes halogenated alkanes) is 1. The van der Waals surface area contributed by atoms with Crippen molar-refractivity contribution in [2.24, 2.45) is 0 Å². The van der Waals surface area contributed by atoms with Crippen LogP contribution in [0.15, 0.2) is 30.3 Å². The van der Waals surface area contributed by atoms with Crippen molar-refractivity contribution in [1.82, 2.24) is 5.32 Å². The lowest BCUT2D eigenvalue weighted by Gasteiger charge is -2.14. The van der Waals surface area contributed by atoms with Gasteiger partial charge in [0.25, 0.3) is 0 Å². The molecule has 88 valence electrons. The molecule has 1 aromatic rings. The monoisotopic (exact) mass is 221 g/mol. The molecule has 1 aromatic carbocycles. The Labute approximate surface area is 96.8 Å². The molecule has 0 aliphatic heterocycles. The summed E-state index contributed by atoms with van der Waals surface area (Å²) >= 11 is 0. The largest absolute Gasteiger partial charge is 0.450 e. The van der Waals surface area contributed by atoms with Crippen molar-refractivity contribution < 1.29 is 9.53 Å². The summed E-state index contributed by atoms with van der Waals surface area (Å²) in [5.74, 6) is 0. The van der Waals surface area contributed by atoms with Gasteiger partial charge in [0, 0.05) is 0 Å². The Hall–Kier alpha value is -1.51. The molecule has 0 saturated heterocycles. The van der Waals surface area contributed by atoms with Crippen molar-refractivity contribution in [2.45, 2.75) is 32.7 Å². The van der Waals surface area contributed by atoms with Gasteiger partial charge in [0.15, 0.2) is 0 Å². The highest BCUT2D eigenvalue weighted by atomic mass is 16.5. The van der Waals surface area contributed by atoms with Gasteiger partial charge in [-0.05, 0) is 18.9 Å². The predicted octanol–water partition coefficient (Wildman–Crippen LogP) is 3.27. The summed E-state index contributed by atoms with van der Waals surface area (Å²) in [6.45, 7) is 4.49. The molecule has 3 nitrogen and oxygen atoms in total. The summed E-state index contributed by atoms with van der Waals surface area (Å²) in [7, 11) is 0. The van der Waals surface area contributed by atoms with E-state index in [-0.39, 0.29) is 12.1 Å². The maximum Gasteiger partial charge on any atom is 0.407 e. The normalized spacial score (nSPS) is 11.9. The third-order valence-corrected chi connectivity index (χ3v) is 2.36. The summed E-state index contributed by atoms with van der Waals surface area (Å²) in [6.07, 6.45) is 1.60. The van der Waals surface area contributed by atoms with Gasteiger partial charge in [0.1, 0.15) is 0 Å². The Balaban J connectivity index is 2.34. The third kappa shape index (κ3) is 4.34. The summed E-state index contributed by atoms with van der Waals surface area (Å²) < 4.78 is 5.02. The third-order valence-electron chi connectivity index (χ3n) is 2.36. The van der Waals surface area contributed by atoms with Crippen LogP contribution in [0.1, 0.15) is 38.3 Å². The molecule has 1 rings (SSSR count). The standard InChI is InChI=1S/C13H19NO2/c1-3-4-10-16-13(15)14-11(2)12-8-6-5-7-9-12/h5-9,11H,3-4,10H2,1-2H3,(H,14,15)/t11-/m0/s1. The molecular weight excluding hydrogens is 202 g/mol. The van der Waals surface area contributed by atoms with Gasteiger partial charge in [0.05, 0.1) is 12.6 Å². The minimum absolute atomic E-state index is 0.0182. The number of carbonyl (C=O) groups excluding carboxylic acids is 1. The molecule has 0 aromatic heterocycles. The maximum absolute atomic E-state index is 11.4. The van der Waals surface area contributed by atoms with Crippen LogP contribution in [0.25, 0.3) is 0 Å². The van der Waals surface area contributed by atoms with E-state index in [1.54, 1.807) is 0 Å². The molecule has 0 unspecified atom stereocenters. The van der Waals surface area contributed by atoms with E-state index in [1.807, 2.05) is 37.3 Å². The summed E-state index contributed by atoms with van der Waals surface area (Å²) in [5.41, 5.74) is 1.08. The summed E-state index contributed by atoms with van der Waals surface area (Å²) in [4.78, 5) is 11.4. The van der Waals surface area contributed by atoms with Gasteiger partial charge < -0.3 is 10.1 Å². The number of alkyl carbamates (subject to hydrolysis) is 1. The zero-order valence-electron chi connectivity index (χ0n) is 9.90. The lowest BCUT2D eigenvalue weighted by molar-refractivity contribution is 0.141. The highest BCUT2D eigenvalue weighted by molar-refractivity contribution is 5.67. The van der Waals surface area contributed by atoms with Gasteiger partial charge in [-0.3, -0.25) is 0 Å². The lowest BCUT2D eigenvalue weighted by atomic mass is 10.1. The van der Waals surface area contributed by atoms with Crippen LogP contribution in [-0.4, -0.2) is 12.7 Å². The first-order valence-electron chi connectivity index (χ1n) is 5.72. The Morgan fingerprint density at radius 1 is 1.38 bits per heavy atom. The second kappa shape index (κ2) is 6.88. The molecule has 0 saturated carbocycles. The average Bonchev–Trinajstić information content (AvgIpc) is 2.30. The fourth-order valence-electron chi connectivity index (χ4n) is 1.35. The Bertz CT molecular complexity index is 311. The molecule has 0 spiro atoms. The van der Waals surface area contributed by atoms with Gasteiger partial charge in [-0.2, -0.15) is 0 Å². The zero-order valence-corrected chi connectivity index (χ0v) is 9.90. The molecule has 3 heteroatoms. The molecule has 0 heterocycles. The first-order valence-corrected chi connectivity index (χ1v) is 5.72. The van der Waals surface area contributed by atoms with Crippen molar-refractivity contribution in [1.29, 1.82) is 0 Å². The molecule has 1 N–H and O–H groups in total. The topological polar surface area (TPSA) is 38.3 Å². The van der Waals surface area contributed by atoms with Crippen LogP contribution in [0, 0.1) is 0 Å². The molecule has 16 heavy (non-hydrogen) atoms. The highest BCUT2D eigenvalue weighted by Crippen LogP contribution is 2.10. The van der Waals surface area contributed by atoms with Crippen LogP contribution in [0.3, 0.4) is 0 Å². The van der Waals surface area contributed by atoms with Crippen molar-refractivity contribution in [3.05, 3.63) is 35.9 Å². The van der Waals surface area contributed by atoms with Crippen molar-refractivity contribution in [3.63, 3.8) is 0 Å². The molecule has 1 atom stereocenters. The van der Waals surface area contributed by atoms with E-state index >= 15 is 0 Å². The smallest absolute Gasteiger partial charge is 0.407 e. The molecule has 1 amide bonds. The van der Waals surface area contributed by atoms with Gasteiger partial charge in [0.2, 0.25) is 0 Å². The van der Waals surface area contributed by atoms with Crippen LogP contribution < -0.4 is 5.32 Å². The maximum atomic E-state index is 11.4. The average molecular weight is 221 g/mol. The Morgan fingerprint density at radius 2 is 2.06 bits per heavy atom. The van der Waals surface area contributed by atoms with E-state index in [0.29, 0.717) is 6.61 Å². The molecule has 0 aliphatic rings. The van der Waals surface area contributed by atoms with Crippen LogP contribution >= 0.6 is 0 Å². The number of hydrogen-bond donors (Lipinski definition) is 1. The molecular formula is C13H19NO2. The van der Waals surface area contributed by atoms with E-state index in [4.69, 9.17) is 4.74 Å². The van der Waals surface area contributed by atoms with E-state index in [9.17, 15) is 4.79 Å². The van der Waals surface area contributed by atoms with Crippen LogP contribution in [0.4, 0.5) is 4.79 Å². The molecule has 0 bridgehead atoms. The fourth-order valence-corrected chi connectivity index (χ4v) is 1.35. The summed E-state index contributed by atoms with van der Waals surface area (Å²) in [5, 5.41) is 2.79. The number of hydrogen-bond acceptors (Lipinski definition) is 2. The van der Waals surface area contributed by atoms with Crippen LogP contribution in [-0.2, 0) is 4.74 Å². The molecule has 0 radical (unpaired) electrons. The van der Waals surface area contributed by atoms with Crippen molar-refractivity contribution in [3.8, 4) is 0 Å². The van der Waals surface area contributed by atoms with Gasteiger partial charge >= 0.3 is 6.09 Å². The highest BCUT2D eigenvalue weighted by Gasteiger charge is 2.09. The van der Waals surface area contributed by atoms with Gasteiger partial charge in [-0.15, -0.1) is 0 Å². The SMILES string of the molecule is CCCCOC(=O)N[C@@H](C)c1ccccc1. The number of nitrogens with one attached hydrogen (secondary N) is 1. The van der Waals surface area contributed by atoms with Crippen LogP contribution in [0.2, 0.25) is 0 Å². The second-order valence-electron chi connectivity index (χ2n) is 3.77. The first-order chi connectivity index (χ1) is 7.74. The van der Waals surface area contributed by atoms with E-state index in [0.717, 1.165) is 18.4 Å². The number of amides is 1. The Morgan fingerprint density at radius 3 is 2.69 bits per heavy atom. The zero-order chi connectivity index (χ0) is 11.8. The first kappa shape index (κ1) is 12.6. The van der Waals surface area contributed by atoms with E-state index in [1.165, 1.54) is 0 Å². The lowest BCUT2D eigenvalue weighted by Crippen LogP contribution is -2.27. The van der Waals surface area contributed by atoms with Crippen molar-refractivity contribution in [2.75, 3.05) is 6.61 Å². The quantitative estimate of drug-likeness (QED) is 0.775. The fraction of sp³-hybridized carbons (Fsp3) is 0.462. The van der Waals surface area contributed by atoms with Crippen LogP contribution in [0.5, 0.6) is 0 Å². The van der Waals surface area contributed by atoms with Gasteiger partial charge in [-0.25, -0.2) is 4.79 Å². The van der Waals surface area contributed by atoms with E-state index in [2.05, 4.69) is 12.2 Å².